The molecule has 0 aliphatic heterocycles. The van der Waals surface area contributed by atoms with Crippen LogP contribution >= 0.6 is 11.6 Å². The third-order valence-electron chi connectivity index (χ3n) is 2.50. The van der Waals surface area contributed by atoms with Crippen LogP contribution in [0.3, 0.4) is 0 Å². The van der Waals surface area contributed by atoms with Gasteiger partial charge in [-0.3, -0.25) is 0 Å². The van der Waals surface area contributed by atoms with Gasteiger partial charge >= 0.3 is 0 Å². The predicted octanol–water partition coefficient (Wildman–Crippen LogP) is 3.84. The smallest absolute Gasteiger partial charge is 0.240 e. The monoisotopic (exact) mass is 234 g/mol. The maximum Gasteiger partial charge on any atom is 0.240 e. The van der Waals surface area contributed by atoms with Crippen LogP contribution in [0.2, 0.25) is 5.02 Å². The number of carbonyl (C=O) groups excluding carboxylic acids is 1. The lowest BCUT2D eigenvalue weighted by Crippen LogP contribution is -1.97. The minimum Gasteiger partial charge on any atom is -0.343 e. The lowest BCUT2D eigenvalue weighted by atomic mass is 10.2. The van der Waals surface area contributed by atoms with E-state index in [4.69, 9.17) is 11.6 Å². The molecule has 0 saturated heterocycles. The van der Waals surface area contributed by atoms with Gasteiger partial charge in [0.05, 0.1) is 5.52 Å². The summed E-state index contributed by atoms with van der Waals surface area (Å²) in [6, 6.07) is 5.82. The Labute approximate surface area is 98.4 Å². The molecular formula is C12H11ClN2O. The molecule has 16 heavy (non-hydrogen) atoms. The predicted molar refractivity (Wildman–Crippen MR) is 65.1 cm³/mol. The minimum atomic E-state index is 0.288. The third kappa shape index (κ3) is 1.75. The first-order valence-corrected chi connectivity index (χ1v) is 5.39. The normalized spacial score (nSPS) is 10.8. The molecular weight excluding hydrogens is 224 g/mol. The second kappa shape index (κ2) is 4.12. The maximum absolute atomic E-state index is 10.3. The molecule has 1 aromatic carbocycles. The molecule has 0 bridgehead atoms. The first kappa shape index (κ1) is 10.9. The van der Waals surface area contributed by atoms with Gasteiger partial charge in [-0.25, -0.2) is 4.79 Å². The number of fused-ring (bicyclic) bond motifs is 1. The molecule has 1 heterocycles. The fourth-order valence-electron chi connectivity index (χ4n) is 1.77. The summed E-state index contributed by atoms with van der Waals surface area (Å²) < 4.78 is 2.04. The SMILES string of the molecule is CC(C)n1cc(N=C=O)c2ccc(Cl)cc21. The Morgan fingerprint density at radius 3 is 2.81 bits per heavy atom. The average molecular weight is 235 g/mol. The van der Waals surface area contributed by atoms with Crippen molar-refractivity contribution in [3.8, 4) is 0 Å². The third-order valence-corrected chi connectivity index (χ3v) is 2.73. The Morgan fingerprint density at radius 2 is 2.19 bits per heavy atom. The van der Waals surface area contributed by atoms with Gasteiger partial charge in [-0.2, -0.15) is 4.99 Å². The fourth-order valence-corrected chi connectivity index (χ4v) is 1.94. The van der Waals surface area contributed by atoms with Crippen LogP contribution in [-0.4, -0.2) is 10.6 Å². The zero-order valence-corrected chi connectivity index (χ0v) is 9.82. The molecule has 0 fully saturated rings. The van der Waals surface area contributed by atoms with E-state index < -0.39 is 0 Å². The summed E-state index contributed by atoms with van der Waals surface area (Å²) in [4.78, 5) is 14.0. The minimum absolute atomic E-state index is 0.288. The van der Waals surface area contributed by atoms with Gasteiger partial charge in [0.2, 0.25) is 6.08 Å². The van der Waals surface area contributed by atoms with Crippen LogP contribution in [-0.2, 0) is 4.79 Å². The number of nitrogens with zero attached hydrogens (tertiary/aromatic N) is 2. The van der Waals surface area contributed by atoms with Gasteiger partial charge in [0.25, 0.3) is 0 Å². The lowest BCUT2D eigenvalue weighted by molar-refractivity contribution is 0.565. The van der Waals surface area contributed by atoms with E-state index in [1.807, 2.05) is 22.9 Å². The van der Waals surface area contributed by atoms with Gasteiger partial charge in [0.15, 0.2) is 0 Å². The van der Waals surface area contributed by atoms with E-state index in [9.17, 15) is 4.79 Å². The number of benzene rings is 1. The second-order valence-electron chi connectivity index (χ2n) is 3.88. The van der Waals surface area contributed by atoms with Gasteiger partial charge in [0.1, 0.15) is 5.69 Å². The number of aromatic nitrogens is 1. The number of aliphatic imine (C=N–C) groups is 1. The fraction of sp³-hybridized carbons (Fsp3) is 0.250. The van der Waals surface area contributed by atoms with Crippen LogP contribution in [0.25, 0.3) is 10.9 Å². The van der Waals surface area contributed by atoms with Crippen LogP contribution in [0.5, 0.6) is 0 Å². The van der Waals surface area contributed by atoms with Crippen molar-refractivity contribution in [2.75, 3.05) is 0 Å². The standard InChI is InChI=1S/C12H11ClN2O/c1-8(2)15-6-11(14-7-16)10-4-3-9(13)5-12(10)15/h3-6,8H,1-2H3. The summed E-state index contributed by atoms with van der Waals surface area (Å²) in [5.74, 6) is 0. The molecule has 4 heteroatoms. The maximum atomic E-state index is 10.3. The Bertz CT molecular complexity index is 580. The lowest BCUT2D eigenvalue weighted by Gasteiger charge is -2.08. The molecule has 1 aromatic heterocycles. The van der Waals surface area contributed by atoms with Crippen LogP contribution in [0, 0.1) is 0 Å². The molecule has 0 radical (unpaired) electrons. The van der Waals surface area contributed by atoms with Crippen LogP contribution in [0.4, 0.5) is 5.69 Å². The van der Waals surface area contributed by atoms with E-state index in [-0.39, 0.29) is 6.04 Å². The van der Waals surface area contributed by atoms with Crippen LogP contribution in [0.1, 0.15) is 19.9 Å². The zero-order valence-electron chi connectivity index (χ0n) is 9.07. The molecule has 0 N–H and O–H groups in total. The topological polar surface area (TPSA) is 34.4 Å². The molecule has 0 aliphatic rings. The highest BCUT2D eigenvalue weighted by Gasteiger charge is 2.10. The molecule has 0 saturated carbocycles. The van der Waals surface area contributed by atoms with E-state index in [2.05, 4.69) is 18.8 Å². The Balaban J connectivity index is 2.81. The van der Waals surface area contributed by atoms with Crippen molar-refractivity contribution in [1.82, 2.24) is 4.57 Å². The molecule has 0 amide bonds. The first-order valence-electron chi connectivity index (χ1n) is 5.01. The van der Waals surface area contributed by atoms with Gasteiger partial charge in [-0.15, -0.1) is 0 Å². The van der Waals surface area contributed by atoms with Crippen molar-refractivity contribution in [2.24, 2.45) is 4.99 Å². The van der Waals surface area contributed by atoms with E-state index >= 15 is 0 Å². The molecule has 0 spiro atoms. The summed E-state index contributed by atoms with van der Waals surface area (Å²) in [7, 11) is 0. The second-order valence-corrected chi connectivity index (χ2v) is 4.32. The Kier molecular flexibility index (Phi) is 2.82. The highest BCUT2D eigenvalue weighted by Crippen LogP contribution is 2.32. The van der Waals surface area contributed by atoms with Gasteiger partial charge < -0.3 is 4.57 Å². The van der Waals surface area contributed by atoms with E-state index in [0.29, 0.717) is 10.7 Å². The van der Waals surface area contributed by atoms with Gasteiger partial charge in [-0.1, -0.05) is 11.6 Å². The molecule has 2 aromatic rings. The van der Waals surface area contributed by atoms with Crippen molar-refractivity contribution in [3.05, 3.63) is 29.4 Å². The average Bonchev–Trinajstić information content (AvgIpc) is 2.57. The summed E-state index contributed by atoms with van der Waals surface area (Å²) in [6.07, 6.45) is 3.42. The summed E-state index contributed by atoms with van der Waals surface area (Å²) >= 11 is 5.96. The number of hydrogen-bond acceptors (Lipinski definition) is 2. The van der Waals surface area contributed by atoms with Crippen molar-refractivity contribution < 1.29 is 4.79 Å². The highest BCUT2D eigenvalue weighted by atomic mass is 35.5. The Morgan fingerprint density at radius 1 is 1.44 bits per heavy atom. The van der Waals surface area contributed by atoms with E-state index in [1.54, 1.807) is 12.1 Å². The quantitative estimate of drug-likeness (QED) is 0.574. The Hall–Kier alpha value is -1.57. The number of isocyanates is 1. The van der Waals surface area contributed by atoms with Crippen molar-refractivity contribution in [1.29, 1.82) is 0 Å². The highest BCUT2D eigenvalue weighted by molar-refractivity contribution is 6.31. The molecule has 0 atom stereocenters. The first-order chi connectivity index (χ1) is 7.63. The summed E-state index contributed by atoms with van der Waals surface area (Å²) in [6.45, 7) is 4.13. The molecule has 2 rings (SSSR count). The molecule has 82 valence electrons. The van der Waals surface area contributed by atoms with Crippen LogP contribution < -0.4 is 0 Å². The van der Waals surface area contributed by atoms with Gasteiger partial charge in [-0.05, 0) is 32.0 Å². The van der Waals surface area contributed by atoms with Gasteiger partial charge in [0, 0.05) is 22.6 Å². The van der Waals surface area contributed by atoms with E-state index in [0.717, 1.165) is 10.9 Å². The van der Waals surface area contributed by atoms with Crippen molar-refractivity contribution in [2.45, 2.75) is 19.9 Å². The molecule has 0 unspecified atom stereocenters. The van der Waals surface area contributed by atoms with Crippen molar-refractivity contribution in [3.63, 3.8) is 0 Å². The summed E-state index contributed by atoms with van der Waals surface area (Å²) in [5.41, 5.74) is 1.62. The zero-order chi connectivity index (χ0) is 11.7. The van der Waals surface area contributed by atoms with Crippen molar-refractivity contribution >= 4 is 34.3 Å². The van der Waals surface area contributed by atoms with E-state index in [1.165, 1.54) is 0 Å². The van der Waals surface area contributed by atoms with Crippen LogP contribution in [0.15, 0.2) is 29.4 Å². The number of halogens is 1. The molecule has 0 aliphatic carbocycles. The molecule has 3 nitrogen and oxygen atoms in total. The number of rotatable bonds is 2. The number of hydrogen-bond donors (Lipinski definition) is 0. The summed E-state index contributed by atoms with van der Waals surface area (Å²) in [5, 5.41) is 1.59. The largest absolute Gasteiger partial charge is 0.343 e.